The topological polar surface area (TPSA) is 81.7 Å². The second-order valence-corrected chi connectivity index (χ2v) is 4.78. The third-order valence-electron chi connectivity index (χ3n) is 1.52. The SMILES string of the molecule is CN(C)C[C@@H](NC(=O)OC(C)(C)C)C(=O)[O-].[K+]. The molecule has 0 saturated carbocycles. The summed E-state index contributed by atoms with van der Waals surface area (Å²) in [5, 5.41) is 13.0. The van der Waals surface area contributed by atoms with Gasteiger partial charge in [-0.25, -0.2) is 4.79 Å². The first-order valence-electron chi connectivity index (χ1n) is 4.97. The molecule has 0 aliphatic carbocycles. The Hall–Kier alpha value is 0.336. The molecule has 0 aromatic heterocycles. The van der Waals surface area contributed by atoms with Gasteiger partial charge in [0, 0.05) is 6.54 Å². The molecule has 0 spiro atoms. The van der Waals surface area contributed by atoms with Crippen molar-refractivity contribution in [2.75, 3.05) is 20.6 Å². The van der Waals surface area contributed by atoms with Gasteiger partial charge < -0.3 is 24.9 Å². The van der Waals surface area contributed by atoms with Gasteiger partial charge >= 0.3 is 57.5 Å². The van der Waals surface area contributed by atoms with Crippen LogP contribution in [0.15, 0.2) is 0 Å². The summed E-state index contributed by atoms with van der Waals surface area (Å²) in [5.74, 6) is -1.33. The number of carboxylic acids is 1. The second kappa shape index (κ2) is 8.44. The third-order valence-corrected chi connectivity index (χ3v) is 1.52. The Bertz CT molecular complexity index is 264. The summed E-state index contributed by atoms with van der Waals surface area (Å²) in [6, 6.07) is -1.08. The van der Waals surface area contributed by atoms with Crippen molar-refractivity contribution < 1.29 is 70.8 Å². The summed E-state index contributed by atoms with van der Waals surface area (Å²) in [6.45, 7) is 5.26. The summed E-state index contributed by atoms with van der Waals surface area (Å²) < 4.78 is 4.94. The maximum atomic E-state index is 11.3. The fourth-order valence-electron chi connectivity index (χ4n) is 0.994. The first-order valence-corrected chi connectivity index (χ1v) is 4.97. The van der Waals surface area contributed by atoms with Crippen LogP contribution in [0.3, 0.4) is 0 Å². The monoisotopic (exact) mass is 270 g/mol. The van der Waals surface area contributed by atoms with E-state index in [-0.39, 0.29) is 57.9 Å². The maximum Gasteiger partial charge on any atom is 1.00 e. The van der Waals surface area contributed by atoms with Crippen molar-refractivity contribution in [2.24, 2.45) is 0 Å². The molecule has 7 heteroatoms. The second-order valence-electron chi connectivity index (χ2n) is 4.78. The standard InChI is InChI=1S/C10H20N2O4.K/c1-10(2,3)16-9(15)11-7(8(13)14)6-12(4)5;/h7H,6H2,1-5H3,(H,11,15)(H,13,14);/q;+1/p-1/t7-;/m1./s1. The minimum Gasteiger partial charge on any atom is -0.548 e. The number of aliphatic carboxylic acids is 1. The van der Waals surface area contributed by atoms with E-state index in [2.05, 4.69) is 5.32 Å². The van der Waals surface area contributed by atoms with E-state index in [9.17, 15) is 14.7 Å². The van der Waals surface area contributed by atoms with E-state index in [4.69, 9.17) is 4.74 Å². The number of rotatable bonds is 4. The van der Waals surface area contributed by atoms with E-state index in [0.29, 0.717) is 0 Å². The molecule has 0 unspecified atom stereocenters. The number of ether oxygens (including phenoxy) is 1. The number of hydrogen-bond acceptors (Lipinski definition) is 5. The first kappa shape index (κ1) is 19.7. The molecule has 1 N–H and O–H groups in total. The van der Waals surface area contributed by atoms with Crippen molar-refractivity contribution in [1.82, 2.24) is 10.2 Å². The number of alkyl carbamates (subject to hydrolysis) is 1. The third kappa shape index (κ3) is 11.2. The number of nitrogens with one attached hydrogen (secondary N) is 1. The molecule has 0 radical (unpaired) electrons. The summed E-state index contributed by atoms with van der Waals surface area (Å²) in [4.78, 5) is 23.7. The van der Waals surface area contributed by atoms with Crippen LogP contribution in [0.25, 0.3) is 0 Å². The van der Waals surface area contributed by atoms with Crippen molar-refractivity contribution in [3.8, 4) is 0 Å². The van der Waals surface area contributed by atoms with Crippen molar-refractivity contribution >= 4 is 12.1 Å². The Morgan fingerprint density at radius 3 is 2.12 bits per heavy atom. The largest absolute Gasteiger partial charge is 1.00 e. The summed E-state index contributed by atoms with van der Waals surface area (Å²) >= 11 is 0. The van der Waals surface area contributed by atoms with Gasteiger partial charge in [0.25, 0.3) is 0 Å². The Kier molecular flexibility index (Phi) is 9.77. The molecule has 1 atom stereocenters. The normalized spacial score (nSPS) is 12.6. The molecule has 0 fully saturated rings. The van der Waals surface area contributed by atoms with E-state index < -0.39 is 23.7 Å². The zero-order valence-corrected chi connectivity index (χ0v) is 14.5. The van der Waals surface area contributed by atoms with Gasteiger partial charge in [0.2, 0.25) is 0 Å². The van der Waals surface area contributed by atoms with Crippen LogP contribution in [0, 0.1) is 0 Å². The van der Waals surface area contributed by atoms with Crippen LogP contribution in [0.4, 0.5) is 4.79 Å². The molecule has 0 aromatic rings. The number of carbonyl (C=O) groups excluding carboxylic acids is 2. The quantitative estimate of drug-likeness (QED) is 0.530. The van der Waals surface area contributed by atoms with Gasteiger partial charge in [-0.3, -0.25) is 0 Å². The number of hydrogen-bond donors (Lipinski definition) is 1. The summed E-state index contributed by atoms with van der Waals surface area (Å²) in [6.07, 6.45) is -0.761. The molecule has 0 rings (SSSR count). The van der Waals surface area contributed by atoms with E-state index in [1.807, 2.05) is 0 Å². The molecular formula is C10H19KN2O4. The molecule has 94 valence electrons. The minimum absolute atomic E-state index is 0. The fourth-order valence-corrected chi connectivity index (χ4v) is 0.994. The molecule has 1 amide bonds. The fraction of sp³-hybridized carbons (Fsp3) is 0.800. The number of carboxylic acid groups (broad SMARTS) is 1. The predicted octanol–water partition coefficient (Wildman–Crippen LogP) is -3.80. The Balaban J connectivity index is 0. The van der Waals surface area contributed by atoms with E-state index in [1.54, 1.807) is 39.8 Å². The van der Waals surface area contributed by atoms with Crippen LogP contribution in [-0.2, 0) is 9.53 Å². The smallest absolute Gasteiger partial charge is 0.548 e. The van der Waals surface area contributed by atoms with Crippen LogP contribution >= 0.6 is 0 Å². The summed E-state index contributed by atoms with van der Waals surface area (Å²) in [5.41, 5.74) is -0.654. The van der Waals surface area contributed by atoms with Crippen LogP contribution in [-0.4, -0.2) is 49.2 Å². The first-order chi connectivity index (χ1) is 7.11. The molecular weight excluding hydrogens is 251 g/mol. The van der Waals surface area contributed by atoms with E-state index >= 15 is 0 Å². The molecule has 0 bridgehead atoms. The zero-order valence-electron chi connectivity index (χ0n) is 11.4. The van der Waals surface area contributed by atoms with Gasteiger partial charge in [0.05, 0.1) is 12.0 Å². The van der Waals surface area contributed by atoms with Crippen molar-refractivity contribution in [3.05, 3.63) is 0 Å². The number of amides is 1. The average molecular weight is 270 g/mol. The predicted molar refractivity (Wildman–Crippen MR) is 56.7 cm³/mol. The van der Waals surface area contributed by atoms with Gasteiger partial charge in [-0.1, -0.05) is 0 Å². The van der Waals surface area contributed by atoms with Crippen LogP contribution in [0.1, 0.15) is 20.8 Å². The molecule has 0 aliphatic rings. The van der Waals surface area contributed by atoms with Crippen molar-refractivity contribution in [3.63, 3.8) is 0 Å². The number of likely N-dealkylation sites (N-methyl/N-ethyl adjacent to an activating group) is 1. The zero-order chi connectivity index (χ0) is 12.9. The molecule has 0 aliphatic heterocycles. The number of nitrogens with zero attached hydrogens (tertiary/aromatic N) is 1. The van der Waals surface area contributed by atoms with Gasteiger partial charge in [0.1, 0.15) is 5.60 Å². The molecule has 17 heavy (non-hydrogen) atoms. The number of carbonyl (C=O) groups is 2. The molecule has 6 nitrogen and oxygen atoms in total. The van der Waals surface area contributed by atoms with Crippen molar-refractivity contribution in [2.45, 2.75) is 32.4 Å². The summed E-state index contributed by atoms with van der Waals surface area (Å²) in [7, 11) is 3.40. The van der Waals surface area contributed by atoms with Crippen LogP contribution in [0.2, 0.25) is 0 Å². The Labute approximate surface area is 144 Å². The molecule has 0 heterocycles. The average Bonchev–Trinajstić information content (AvgIpc) is 1.97. The van der Waals surface area contributed by atoms with Crippen molar-refractivity contribution in [1.29, 1.82) is 0 Å². The van der Waals surface area contributed by atoms with E-state index in [0.717, 1.165) is 0 Å². The van der Waals surface area contributed by atoms with Gasteiger partial charge in [0.15, 0.2) is 0 Å². The van der Waals surface area contributed by atoms with Crippen LogP contribution < -0.4 is 61.8 Å². The van der Waals surface area contributed by atoms with Gasteiger partial charge in [-0.05, 0) is 34.9 Å². The van der Waals surface area contributed by atoms with E-state index in [1.165, 1.54) is 0 Å². The molecule has 0 saturated heterocycles. The van der Waals surface area contributed by atoms with Gasteiger partial charge in [-0.2, -0.15) is 0 Å². The van der Waals surface area contributed by atoms with Gasteiger partial charge in [-0.15, -0.1) is 0 Å². The molecule has 0 aromatic carbocycles. The van der Waals surface area contributed by atoms with Crippen LogP contribution in [0.5, 0.6) is 0 Å². The Morgan fingerprint density at radius 2 is 1.82 bits per heavy atom. The maximum absolute atomic E-state index is 11.3. The minimum atomic E-state index is -1.33. The Morgan fingerprint density at radius 1 is 1.35 bits per heavy atom.